The van der Waals surface area contributed by atoms with Gasteiger partial charge < -0.3 is 28.9 Å². The molecule has 0 unspecified atom stereocenters. The quantitative estimate of drug-likeness (QED) is 0.0894. The van der Waals surface area contributed by atoms with E-state index in [-0.39, 0.29) is 23.0 Å². The highest BCUT2D eigenvalue weighted by atomic mass is 19.2. The van der Waals surface area contributed by atoms with Crippen molar-refractivity contribution < 1.29 is 89.2 Å². The summed E-state index contributed by atoms with van der Waals surface area (Å²) in [6, 6.07) is 18.4. The van der Waals surface area contributed by atoms with E-state index in [2.05, 4.69) is 19.9 Å². The molecule has 4 heterocycles. The molecule has 2 aromatic heterocycles. The van der Waals surface area contributed by atoms with Crippen LogP contribution in [0.25, 0.3) is 133 Å². The topological polar surface area (TPSA) is 94.3 Å². The van der Waals surface area contributed by atoms with Crippen molar-refractivity contribution >= 4 is 43.6 Å². The van der Waals surface area contributed by atoms with Crippen LogP contribution >= 0.6 is 0 Å². The summed E-state index contributed by atoms with van der Waals surface area (Å²) >= 11 is 0. The van der Waals surface area contributed by atoms with Gasteiger partial charge in [-0.1, -0.05) is 48.5 Å². The van der Waals surface area contributed by atoms with Crippen molar-refractivity contribution in [2.45, 2.75) is 0 Å². The van der Waals surface area contributed by atoms with E-state index in [0.29, 0.717) is 0 Å². The number of hydrogen-bond donors (Lipinski definition) is 2. The second-order valence-corrected chi connectivity index (χ2v) is 19.8. The van der Waals surface area contributed by atoms with Gasteiger partial charge in [0.25, 0.3) is 0 Å². The summed E-state index contributed by atoms with van der Waals surface area (Å²) in [5.41, 5.74) is -19.5. The Hall–Kier alpha value is -10.5. The summed E-state index contributed by atoms with van der Waals surface area (Å²) in [4.78, 5) is 14.5. The smallest absolute Gasteiger partial charge is 0.198 e. The average molecular weight is 1220 g/mol. The molecule has 3 aliphatic rings. The molecule has 8 aromatic carbocycles. The number of hydrogen-bond acceptors (Lipinski definition) is 6. The maximum Gasteiger partial charge on any atom is 0.198 e. The molecule has 1 aliphatic carbocycles. The number of benzene rings is 8. The zero-order chi connectivity index (χ0) is 62.4. The highest BCUT2D eigenvalue weighted by Gasteiger charge is 2.41. The minimum Gasteiger partial charge on any atom is -0.497 e. The van der Waals surface area contributed by atoms with Gasteiger partial charge in [-0.15, -0.1) is 0 Å². The maximum absolute atomic E-state index is 17.5. The molecule has 0 atom stereocenters. The second-order valence-electron chi connectivity index (χ2n) is 19.8. The molecule has 0 radical (unpaired) electrons. The number of halogens is 16. The van der Waals surface area contributed by atoms with Crippen molar-refractivity contribution in [2.24, 2.45) is 0 Å². The average Bonchev–Trinajstić information content (AvgIpc) is 1.59. The Kier molecular flexibility index (Phi) is 13.2. The molecular weight excluding hydrogens is 1190 g/mol. The van der Waals surface area contributed by atoms with E-state index in [4.69, 9.17) is 18.9 Å². The summed E-state index contributed by atoms with van der Waals surface area (Å²) in [6.45, 7) is 0. The molecule has 0 saturated carbocycles. The van der Waals surface area contributed by atoms with Crippen molar-refractivity contribution in [1.29, 1.82) is 0 Å². The van der Waals surface area contributed by atoms with Crippen LogP contribution in [0.3, 0.4) is 0 Å². The number of rotatable bonds is 8. The van der Waals surface area contributed by atoms with E-state index in [1.54, 1.807) is 0 Å². The minimum atomic E-state index is -2.53. The zero-order valence-corrected chi connectivity index (χ0v) is 44.8. The molecule has 0 amide bonds. The molecule has 8 nitrogen and oxygen atoms in total. The van der Waals surface area contributed by atoms with Gasteiger partial charge >= 0.3 is 0 Å². The van der Waals surface area contributed by atoms with E-state index < -0.39 is 226 Å². The minimum absolute atomic E-state index is 0.0394. The van der Waals surface area contributed by atoms with Gasteiger partial charge in [-0.3, -0.25) is 0 Å². The van der Waals surface area contributed by atoms with Gasteiger partial charge in [0, 0.05) is 22.3 Å². The lowest BCUT2D eigenvalue weighted by atomic mass is 9.92. The Balaban J connectivity index is 1.49. The highest BCUT2D eigenvalue weighted by Crippen LogP contribution is 2.56. The lowest BCUT2D eigenvalue weighted by Crippen LogP contribution is -2.02. The number of aromatic nitrogens is 4. The summed E-state index contributed by atoms with van der Waals surface area (Å²) in [7, 11) is 4.83. The van der Waals surface area contributed by atoms with Crippen molar-refractivity contribution in [3.05, 3.63) is 190 Å². The van der Waals surface area contributed by atoms with E-state index in [0.717, 1.165) is 48.5 Å². The van der Waals surface area contributed by atoms with Crippen LogP contribution in [0.4, 0.5) is 70.2 Å². The fraction of sp³-hybridized carbons (Fsp3) is 0.0625. The molecule has 0 saturated heterocycles. The Labute approximate surface area is 482 Å². The van der Waals surface area contributed by atoms with Crippen molar-refractivity contribution in [2.75, 3.05) is 28.4 Å². The summed E-state index contributed by atoms with van der Waals surface area (Å²) in [5.74, 6) is -38.3. The Bertz CT molecular complexity index is 4450. The van der Waals surface area contributed by atoms with Gasteiger partial charge in [-0.25, -0.2) is 80.2 Å². The highest BCUT2D eigenvalue weighted by molar-refractivity contribution is 6.22. The predicted molar refractivity (Wildman–Crippen MR) is 292 cm³/mol. The van der Waals surface area contributed by atoms with E-state index >= 15 is 70.2 Å². The van der Waals surface area contributed by atoms with Gasteiger partial charge in [-0.2, -0.15) is 0 Å². The standard InChI is InChI=1S/C64H30F16N4O4/c1-85-25-13-5-21(6-14-25)29-57-33-35(43(67)51(75)49(73)41(33)65)59(81-57)30(22-7-15-26(86-2)16-8-22)61-37-39(47(71)55(79)53(77)45(37)69)63(83-61)32(24-11-19-28(88-4)20-12-24)64-40-38(46(70)54(78)56(80)48(40)72)62(84-64)31(23-9-17-27(87-3)18-10-23)60-36-34(58(29)82-60)42(66)50(74)52(76)44(36)68/h5-20,81,84H,1-4H3. The second kappa shape index (κ2) is 20.6. The predicted octanol–water partition coefficient (Wildman–Crippen LogP) is 18.2. The van der Waals surface area contributed by atoms with Crippen LogP contribution in [0.5, 0.6) is 23.0 Å². The molecule has 13 rings (SSSR count). The van der Waals surface area contributed by atoms with Gasteiger partial charge in [0.05, 0.1) is 117 Å². The first-order chi connectivity index (χ1) is 42.2. The van der Waals surface area contributed by atoms with Crippen molar-refractivity contribution in [3.8, 4) is 113 Å². The lowest BCUT2D eigenvalue weighted by Gasteiger charge is -2.12. The van der Waals surface area contributed by atoms with Crippen LogP contribution in [0.15, 0.2) is 97.1 Å². The normalized spacial score (nSPS) is 11.9. The first kappa shape index (κ1) is 56.6. The number of H-pyrrole nitrogens is 2. The molecule has 88 heavy (non-hydrogen) atoms. The zero-order valence-electron chi connectivity index (χ0n) is 44.8. The van der Waals surface area contributed by atoms with Crippen molar-refractivity contribution in [1.82, 2.24) is 19.9 Å². The maximum atomic E-state index is 17.5. The van der Waals surface area contributed by atoms with Crippen LogP contribution < -0.4 is 18.9 Å². The number of aromatic amines is 2. The SMILES string of the molecule is COc1ccc(-c2c3nc(c(-c4ccc(OC)cc4)c4[nH]c(c(-c5ccc(OC)cc5)c5nc(c(-c6ccc(OC)cc6)c6[nH]c2c2c(F)c(F)c(F)c(F)c62)-c2c(F)c(F)c(F)c(F)c2-5)c2c(F)c(F)c(F)c(F)c42)-c2c(F)c(F)c(F)c(F)c2-3)cc1. The number of nitrogens with zero attached hydrogens (tertiary/aromatic N) is 2. The van der Waals surface area contributed by atoms with E-state index in [1.807, 2.05) is 0 Å². The first-order valence-electron chi connectivity index (χ1n) is 25.7. The Morgan fingerprint density at radius 2 is 0.398 bits per heavy atom. The van der Waals surface area contributed by atoms with Crippen LogP contribution in [-0.4, -0.2) is 48.4 Å². The Morgan fingerprint density at radius 3 is 0.568 bits per heavy atom. The van der Waals surface area contributed by atoms with Crippen LogP contribution in [-0.2, 0) is 0 Å². The van der Waals surface area contributed by atoms with Gasteiger partial charge in [-0.05, 0) is 70.8 Å². The lowest BCUT2D eigenvalue weighted by molar-refractivity contribution is 0.413. The molecule has 0 spiro atoms. The van der Waals surface area contributed by atoms with E-state index in [9.17, 15) is 0 Å². The summed E-state index contributed by atoms with van der Waals surface area (Å²) < 4.78 is 292. The van der Waals surface area contributed by atoms with Crippen molar-refractivity contribution in [3.63, 3.8) is 0 Å². The summed E-state index contributed by atoms with van der Waals surface area (Å²) in [6.07, 6.45) is 0. The van der Waals surface area contributed by atoms with Gasteiger partial charge in [0.15, 0.2) is 93.1 Å². The molecule has 10 aromatic rings. The molecular formula is C64H30F16N4O4. The van der Waals surface area contributed by atoms with Crippen LogP contribution in [0.2, 0.25) is 0 Å². The van der Waals surface area contributed by atoms with Crippen LogP contribution in [0.1, 0.15) is 0 Å². The molecule has 24 heteroatoms. The Morgan fingerprint density at radius 1 is 0.227 bits per heavy atom. The van der Waals surface area contributed by atoms with Gasteiger partial charge in [0.2, 0.25) is 0 Å². The number of nitrogens with one attached hydrogen (secondary N) is 2. The van der Waals surface area contributed by atoms with E-state index in [1.165, 1.54) is 77.0 Å². The molecule has 2 aliphatic heterocycles. The number of methoxy groups -OCH3 is 4. The molecule has 442 valence electrons. The molecule has 8 bridgehead atoms. The van der Waals surface area contributed by atoms with Gasteiger partial charge in [0.1, 0.15) is 23.0 Å². The fourth-order valence-electron chi connectivity index (χ4n) is 11.4. The third kappa shape index (κ3) is 7.95. The molecule has 2 N–H and O–H groups in total. The third-order valence-electron chi connectivity index (χ3n) is 15.4. The third-order valence-corrected chi connectivity index (χ3v) is 15.4. The van der Waals surface area contributed by atoms with Crippen LogP contribution in [0, 0.1) is 93.1 Å². The molecule has 0 fully saturated rings. The number of ether oxygens (including phenoxy) is 4. The summed E-state index contributed by atoms with van der Waals surface area (Å²) in [5, 5.41) is -5.47. The fourth-order valence-corrected chi connectivity index (χ4v) is 11.4. The first-order valence-corrected chi connectivity index (χ1v) is 25.7. The monoisotopic (exact) mass is 1220 g/mol. The largest absolute Gasteiger partial charge is 0.497 e.